The van der Waals surface area contributed by atoms with Gasteiger partial charge in [-0.15, -0.1) is 0 Å². The number of fused-ring (bicyclic) bond motifs is 1. The zero-order chi connectivity index (χ0) is 24.5. The summed E-state index contributed by atoms with van der Waals surface area (Å²) in [4.78, 5) is 21.9. The standard InChI is InChI=1S/C27H29Cl2N5O/c1-3-32-13-15-33(16-14-32)21-10-7-19(8-11-21)30-20-9-12-22-25(17-20)31(2)18-34(27(22)35)26-23(28)5-4-6-24(26)29/h4-12,17,30H,3,13-16,18H2,1-2H3. The van der Waals surface area contributed by atoms with Gasteiger partial charge in [-0.1, -0.05) is 36.2 Å². The molecule has 1 saturated heterocycles. The molecule has 6 nitrogen and oxygen atoms in total. The number of carbonyl (C=O) groups excluding carboxylic acids is 1. The fraction of sp³-hybridized carbons (Fsp3) is 0.296. The van der Waals surface area contributed by atoms with Crippen molar-refractivity contribution >= 4 is 57.5 Å². The lowest BCUT2D eigenvalue weighted by Gasteiger charge is -2.36. The van der Waals surface area contributed by atoms with Gasteiger partial charge >= 0.3 is 0 Å². The third kappa shape index (κ3) is 4.79. The van der Waals surface area contributed by atoms with E-state index in [1.807, 2.05) is 30.1 Å². The molecule has 0 aliphatic carbocycles. The number of benzene rings is 3. The van der Waals surface area contributed by atoms with Crippen LogP contribution in [0.4, 0.5) is 28.4 Å². The van der Waals surface area contributed by atoms with E-state index in [-0.39, 0.29) is 5.91 Å². The van der Waals surface area contributed by atoms with Crippen molar-refractivity contribution in [2.24, 2.45) is 0 Å². The maximum absolute atomic E-state index is 13.3. The van der Waals surface area contributed by atoms with Crippen LogP contribution in [0.1, 0.15) is 17.3 Å². The highest BCUT2D eigenvalue weighted by molar-refractivity contribution is 6.40. The van der Waals surface area contributed by atoms with E-state index in [9.17, 15) is 4.79 Å². The van der Waals surface area contributed by atoms with Crippen LogP contribution in [0.25, 0.3) is 0 Å². The van der Waals surface area contributed by atoms with Crippen LogP contribution in [0.2, 0.25) is 10.0 Å². The van der Waals surface area contributed by atoms with Crippen LogP contribution in [0.5, 0.6) is 0 Å². The van der Waals surface area contributed by atoms with Crippen molar-refractivity contribution in [2.75, 3.05) is 66.5 Å². The molecule has 2 heterocycles. The SMILES string of the molecule is CCN1CCN(c2ccc(Nc3ccc4c(c3)N(C)CN(c3c(Cl)cccc3Cl)C4=O)cc2)CC1. The predicted molar refractivity (Wildman–Crippen MR) is 147 cm³/mol. The summed E-state index contributed by atoms with van der Waals surface area (Å²) in [6.45, 7) is 8.03. The molecule has 3 aromatic carbocycles. The van der Waals surface area contributed by atoms with Gasteiger partial charge in [0.05, 0.1) is 33.7 Å². The number of para-hydroxylation sites is 1. The molecule has 0 unspecified atom stereocenters. The number of nitrogens with zero attached hydrogens (tertiary/aromatic N) is 4. The third-order valence-electron chi connectivity index (χ3n) is 6.79. The van der Waals surface area contributed by atoms with Gasteiger partial charge in [0.25, 0.3) is 5.91 Å². The molecular formula is C27H29Cl2N5O. The summed E-state index contributed by atoms with van der Waals surface area (Å²) >= 11 is 12.8. The number of anilines is 5. The average molecular weight is 510 g/mol. The van der Waals surface area contributed by atoms with E-state index in [0.717, 1.165) is 49.8 Å². The van der Waals surface area contributed by atoms with Gasteiger partial charge < -0.3 is 20.0 Å². The fourth-order valence-corrected chi connectivity index (χ4v) is 5.37. The van der Waals surface area contributed by atoms with Gasteiger partial charge in [-0.2, -0.15) is 0 Å². The van der Waals surface area contributed by atoms with Gasteiger partial charge in [-0.3, -0.25) is 9.69 Å². The molecule has 0 atom stereocenters. The number of halogens is 2. The zero-order valence-electron chi connectivity index (χ0n) is 20.0. The Morgan fingerprint density at radius 1 is 0.886 bits per heavy atom. The number of hydrogen-bond donors (Lipinski definition) is 1. The minimum atomic E-state index is -0.118. The molecule has 0 aromatic heterocycles. The van der Waals surface area contributed by atoms with Crippen LogP contribution in [-0.2, 0) is 0 Å². The molecule has 0 bridgehead atoms. The lowest BCUT2D eigenvalue weighted by molar-refractivity contribution is 0.0983. The van der Waals surface area contributed by atoms with E-state index >= 15 is 0 Å². The molecule has 3 aromatic rings. The van der Waals surface area contributed by atoms with E-state index in [2.05, 4.69) is 46.3 Å². The molecule has 0 radical (unpaired) electrons. The van der Waals surface area contributed by atoms with Gasteiger partial charge in [0, 0.05) is 50.3 Å². The van der Waals surface area contributed by atoms with Crippen molar-refractivity contribution in [1.29, 1.82) is 0 Å². The Morgan fingerprint density at radius 2 is 1.54 bits per heavy atom. The van der Waals surface area contributed by atoms with Crippen LogP contribution in [-0.4, -0.2) is 57.2 Å². The van der Waals surface area contributed by atoms with E-state index in [1.54, 1.807) is 23.1 Å². The van der Waals surface area contributed by atoms with Crippen molar-refractivity contribution in [2.45, 2.75) is 6.92 Å². The van der Waals surface area contributed by atoms with Crippen molar-refractivity contribution < 1.29 is 4.79 Å². The smallest absolute Gasteiger partial charge is 0.261 e. The van der Waals surface area contributed by atoms with Gasteiger partial charge in [0.15, 0.2) is 0 Å². The lowest BCUT2D eigenvalue weighted by atomic mass is 10.1. The number of carbonyl (C=O) groups is 1. The Kier molecular flexibility index (Phi) is 6.78. The summed E-state index contributed by atoms with van der Waals surface area (Å²) in [5.41, 5.74) is 5.20. The summed E-state index contributed by atoms with van der Waals surface area (Å²) < 4.78 is 0. The van der Waals surface area contributed by atoms with Crippen LogP contribution in [0.15, 0.2) is 60.7 Å². The number of hydrogen-bond acceptors (Lipinski definition) is 5. The number of likely N-dealkylation sites (N-methyl/N-ethyl adjacent to an activating group) is 1. The fourth-order valence-electron chi connectivity index (χ4n) is 4.77. The number of rotatable bonds is 5. The molecule has 8 heteroatoms. The summed E-state index contributed by atoms with van der Waals surface area (Å²) in [5.74, 6) is -0.118. The lowest BCUT2D eigenvalue weighted by Crippen LogP contribution is -2.46. The summed E-state index contributed by atoms with van der Waals surface area (Å²) in [7, 11) is 1.96. The highest BCUT2D eigenvalue weighted by Crippen LogP contribution is 2.39. The molecule has 0 spiro atoms. The van der Waals surface area contributed by atoms with Crippen molar-refractivity contribution in [1.82, 2.24) is 4.90 Å². The molecule has 5 rings (SSSR count). The third-order valence-corrected chi connectivity index (χ3v) is 7.40. The molecule has 2 aliphatic rings. The van der Waals surface area contributed by atoms with Gasteiger partial charge in [0.2, 0.25) is 0 Å². The molecule has 1 fully saturated rings. The Hall–Kier alpha value is -2.93. The van der Waals surface area contributed by atoms with Crippen LogP contribution in [0.3, 0.4) is 0 Å². The summed E-state index contributed by atoms with van der Waals surface area (Å²) in [5, 5.41) is 4.39. The maximum Gasteiger partial charge on any atom is 0.261 e. The quantitative estimate of drug-likeness (QED) is 0.461. The number of amides is 1. The molecule has 1 N–H and O–H groups in total. The molecule has 35 heavy (non-hydrogen) atoms. The molecule has 1 amide bonds. The normalized spacial score (nSPS) is 16.5. The average Bonchev–Trinajstić information content (AvgIpc) is 2.87. The first-order valence-electron chi connectivity index (χ1n) is 11.9. The first kappa shape index (κ1) is 23.8. The van der Waals surface area contributed by atoms with E-state index in [4.69, 9.17) is 23.2 Å². The summed E-state index contributed by atoms with van der Waals surface area (Å²) in [6.07, 6.45) is 0. The molecule has 182 valence electrons. The number of nitrogens with one attached hydrogen (secondary N) is 1. The largest absolute Gasteiger partial charge is 0.369 e. The van der Waals surface area contributed by atoms with Crippen molar-refractivity contribution in [3.8, 4) is 0 Å². The van der Waals surface area contributed by atoms with Crippen LogP contribution < -0.4 is 20.0 Å². The minimum absolute atomic E-state index is 0.118. The Balaban J connectivity index is 1.31. The van der Waals surface area contributed by atoms with Gasteiger partial charge in [-0.05, 0) is 61.1 Å². The Bertz CT molecular complexity index is 1200. The monoisotopic (exact) mass is 509 g/mol. The topological polar surface area (TPSA) is 42.1 Å². The summed E-state index contributed by atoms with van der Waals surface area (Å²) in [6, 6.07) is 19.6. The second-order valence-electron chi connectivity index (χ2n) is 8.97. The highest BCUT2D eigenvalue weighted by Gasteiger charge is 2.31. The molecule has 2 aliphatic heterocycles. The second kappa shape index (κ2) is 9.97. The number of piperazine rings is 1. The highest BCUT2D eigenvalue weighted by atomic mass is 35.5. The van der Waals surface area contributed by atoms with Gasteiger partial charge in [0.1, 0.15) is 0 Å². The van der Waals surface area contributed by atoms with Crippen LogP contribution in [0, 0.1) is 0 Å². The van der Waals surface area contributed by atoms with E-state index in [0.29, 0.717) is 28.0 Å². The molecular weight excluding hydrogens is 481 g/mol. The van der Waals surface area contributed by atoms with Crippen molar-refractivity contribution in [3.05, 3.63) is 76.3 Å². The Labute approximate surface area is 216 Å². The first-order chi connectivity index (χ1) is 16.9. The van der Waals surface area contributed by atoms with E-state index in [1.165, 1.54) is 5.69 Å². The Morgan fingerprint density at radius 3 is 2.20 bits per heavy atom. The molecule has 0 saturated carbocycles. The second-order valence-corrected chi connectivity index (χ2v) is 9.78. The van der Waals surface area contributed by atoms with Gasteiger partial charge in [-0.25, -0.2) is 0 Å². The van der Waals surface area contributed by atoms with E-state index < -0.39 is 0 Å². The van der Waals surface area contributed by atoms with Crippen molar-refractivity contribution in [3.63, 3.8) is 0 Å². The van der Waals surface area contributed by atoms with Crippen LogP contribution >= 0.6 is 23.2 Å². The maximum atomic E-state index is 13.3. The minimum Gasteiger partial charge on any atom is -0.369 e. The first-order valence-corrected chi connectivity index (χ1v) is 12.7. The zero-order valence-corrected chi connectivity index (χ0v) is 21.5. The predicted octanol–water partition coefficient (Wildman–Crippen LogP) is 5.93.